The minimum absolute atomic E-state index is 0.177. The van der Waals surface area contributed by atoms with Gasteiger partial charge in [-0.1, -0.05) is 12.1 Å². The second kappa shape index (κ2) is 4.51. The second-order valence-electron chi connectivity index (χ2n) is 3.94. The summed E-state index contributed by atoms with van der Waals surface area (Å²) in [4.78, 5) is -0.177. The molecule has 1 aliphatic rings. The number of benzene rings is 1. The Morgan fingerprint density at radius 2 is 2.06 bits per heavy atom. The van der Waals surface area contributed by atoms with Gasteiger partial charge in [0.1, 0.15) is 10.7 Å². The molecular weight excluding hydrogens is 229 g/mol. The van der Waals surface area contributed by atoms with Crippen molar-refractivity contribution in [3.63, 3.8) is 0 Å². The van der Waals surface area contributed by atoms with Crippen LogP contribution in [0.4, 0.5) is 4.39 Å². The third kappa shape index (κ3) is 2.10. The molecule has 0 saturated carbocycles. The van der Waals surface area contributed by atoms with E-state index in [1.54, 1.807) is 6.07 Å². The van der Waals surface area contributed by atoms with Crippen LogP contribution in [-0.2, 0) is 9.84 Å². The van der Waals surface area contributed by atoms with Gasteiger partial charge in [0, 0.05) is 6.54 Å². The topological polar surface area (TPSA) is 46.2 Å². The average molecular weight is 243 g/mol. The van der Waals surface area contributed by atoms with Crippen molar-refractivity contribution in [1.29, 1.82) is 0 Å². The van der Waals surface area contributed by atoms with Crippen LogP contribution in [0.25, 0.3) is 0 Å². The standard InChI is InChI=1S/C11H14FNO2S/c12-10-5-1-2-6-11(10)16(14,15)9-4-3-7-13-8-9/h1-2,5-6,9,13H,3-4,7-8H2. The molecule has 1 aromatic carbocycles. The van der Waals surface area contributed by atoms with E-state index >= 15 is 0 Å². The van der Waals surface area contributed by atoms with Crippen LogP contribution in [0.2, 0.25) is 0 Å². The number of halogens is 1. The first-order chi connectivity index (χ1) is 7.62. The summed E-state index contributed by atoms with van der Waals surface area (Å²) in [6.45, 7) is 1.25. The van der Waals surface area contributed by atoms with Gasteiger partial charge in [-0.25, -0.2) is 12.8 Å². The fourth-order valence-electron chi connectivity index (χ4n) is 1.94. The Kier molecular flexibility index (Phi) is 3.25. The molecule has 1 aliphatic heterocycles. The van der Waals surface area contributed by atoms with Gasteiger partial charge in [0.05, 0.1) is 5.25 Å². The highest BCUT2D eigenvalue weighted by atomic mass is 32.2. The van der Waals surface area contributed by atoms with Gasteiger partial charge in [0.15, 0.2) is 9.84 Å². The third-order valence-corrected chi connectivity index (χ3v) is 5.06. The van der Waals surface area contributed by atoms with E-state index in [2.05, 4.69) is 5.32 Å². The van der Waals surface area contributed by atoms with Crippen molar-refractivity contribution < 1.29 is 12.8 Å². The van der Waals surface area contributed by atoms with Crippen LogP contribution in [0, 0.1) is 5.82 Å². The summed E-state index contributed by atoms with van der Waals surface area (Å²) in [7, 11) is -3.53. The Morgan fingerprint density at radius 3 is 2.69 bits per heavy atom. The van der Waals surface area contributed by atoms with E-state index in [0.29, 0.717) is 13.0 Å². The predicted octanol–water partition coefficient (Wildman–Crippen LogP) is 1.35. The van der Waals surface area contributed by atoms with E-state index in [-0.39, 0.29) is 4.90 Å². The van der Waals surface area contributed by atoms with Crippen molar-refractivity contribution in [3.05, 3.63) is 30.1 Å². The van der Waals surface area contributed by atoms with E-state index in [1.807, 2.05) is 0 Å². The molecule has 1 N–H and O–H groups in total. The smallest absolute Gasteiger partial charge is 0.185 e. The van der Waals surface area contributed by atoms with E-state index < -0.39 is 20.9 Å². The molecule has 0 aliphatic carbocycles. The van der Waals surface area contributed by atoms with Gasteiger partial charge in [0.25, 0.3) is 0 Å². The first-order valence-corrected chi connectivity index (χ1v) is 6.86. The summed E-state index contributed by atoms with van der Waals surface area (Å²) in [5.41, 5.74) is 0. The molecule has 0 aromatic heterocycles. The highest BCUT2D eigenvalue weighted by Crippen LogP contribution is 2.22. The molecule has 0 spiro atoms. The molecule has 2 rings (SSSR count). The zero-order valence-corrected chi connectivity index (χ0v) is 9.63. The lowest BCUT2D eigenvalue weighted by Gasteiger charge is -2.22. The van der Waals surface area contributed by atoms with Crippen molar-refractivity contribution in [2.45, 2.75) is 23.0 Å². The summed E-state index contributed by atoms with van der Waals surface area (Å²) in [6.07, 6.45) is 1.42. The fraction of sp³-hybridized carbons (Fsp3) is 0.455. The predicted molar refractivity (Wildman–Crippen MR) is 59.5 cm³/mol. The Labute approximate surface area is 94.6 Å². The number of rotatable bonds is 2. The van der Waals surface area contributed by atoms with Crippen LogP contribution in [0.15, 0.2) is 29.2 Å². The summed E-state index contributed by atoms with van der Waals surface area (Å²) < 4.78 is 37.7. The van der Waals surface area contributed by atoms with Crippen LogP contribution in [0.3, 0.4) is 0 Å². The lowest BCUT2D eigenvalue weighted by molar-refractivity contribution is 0.492. The van der Waals surface area contributed by atoms with Crippen molar-refractivity contribution >= 4 is 9.84 Å². The summed E-state index contributed by atoms with van der Waals surface area (Å²) in [5.74, 6) is -0.659. The number of hydrogen-bond donors (Lipinski definition) is 1. The van der Waals surface area contributed by atoms with E-state index in [4.69, 9.17) is 0 Å². The highest BCUT2D eigenvalue weighted by molar-refractivity contribution is 7.92. The molecular formula is C11H14FNO2S. The van der Waals surface area contributed by atoms with Crippen LogP contribution in [-0.4, -0.2) is 26.8 Å². The molecule has 0 bridgehead atoms. The van der Waals surface area contributed by atoms with Gasteiger partial charge in [-0.2, -0.15) is 0 Å². The van der Waals surface area contributed by atoms with E-state index in [9.17, 15) is 12.8 Å². The van der Waals surface area contributed by atoms with Crippen LogP contribution >= 0.6 is 0 Å². The molecule has 1 fully saturated rings. The normalized spacial score (nSPS) is 21.9. The van der Waals surface area contributed by atoms with Crippen LogP contribution < -0.4 is 5.32 Å². The Balaban J connectivity index is 2.35. The lowest BCUT2D eigenvalue weighted by atomic mass is 10.2. The van der Waals surface area contributed by atoms with Crippen molar-refractivity contribution in [2.75, 3.05) is 13.1 Å². The van der Waals surface area contributed by atoms with E-state index in [1.165, 1.54) is 18.2 Å². The van der Waals surface area contributed by atoms with Gasteiger partial charge in [-0.05, 0) is 31.5 Å². The maximum absolute atomic E-state index is 13.4. The summed E-state index contributed by atoms with van der Waals surface area (Å²) in [5, 5.41) is 2.53. The number of nitrogens with one attached hydrogen (secondary N) is 1. The Hall–Kier alpha value is -0.940. The molecule has 88 valence electrons. The van der Waals surface area contributed by atoms with Crippen molar-refractivity contribution in [3.8, 4) is 0 Å². The number of hydrogen-bond acceptors (Lipinski definition) is 3. The average Bonchev–Trinajstić information content (AvgIpc) is 2.30. The molecule has 0 amide bonds. The third-order valence-electron chi connectivity index (χ3n) is 2.83. The maximum atomic E-state index is 13.4. The van der Waals surface area contributed by atoms with Gasteiger partial charge in [-0.15, -0.1) is 0 Å². The number of piperidine rings is 1. The molecule has 1 saturated heterocycles. The minimum Gasteiger partial charge on any atom is -0.315 e. The first-order valence-electron chi connectivity index (χ1n) is 5.31. The molecule has 1 aromatic rings. The molecule has 0 radical (unpaired) electrons. The first kappa shape index (κ1) is 11.5. The monoisotopic (exact) mass is 243 g/mol. The van der Waals surface area contributed by atoms with Gasteiger partial charge in [-0.3, -0.25) is 0 Å². The van der Waals surface area contributed by atoms with Gasteiger partial charge in [0.2, 0.25) is 0 Å². The maximum Gasteiger partial charge on any atom is 0.185 e. The van der Waals surface area contributed by atoms with Gasteiger partial charge < -0.3 is 5.32 Å². The molecule has 3 nitrogen and oxygen atoms in total. The van der Waals surface area contributed by atoms with Crippen molar-refractivity contribution in [2.24, 2.45) is 0 Å². The van der Waals surface area contributed by atoms with Crippen LogP contribution in [0.5, 0.6) is 0 Å². The Bertz CT molecular complexity index is 467. The van der Waals surface area contributed by atoms with Gasteiger partial charge >= 0.3 is 0 Å². The Morgan fingerprint density at radius 1 is 1.31 bits per heavy atom. The largest absolute Gasteiger partial charge is 0.315 e. The quantitative estimate of drug-likeness (QED) is 0.853. The molecule has 1 unspecified atom stereocenters. The number of sulfone groups is 1. The highest BCUT2D eigenvalue weighted by Gasteiger charge is 2.30. The lowest BCUT2D eigenvalue weighted by Crippen LogP contribution is -2.39. The molecule has 5 heteroatoms. The SMILES string of the molecule is O=S(=O)(c1ccccc1F)C1CCCNC1. The van der Waals surface area contributed by atoms with E-state index in [0.717, 1.165) is 13.0 Å². The second-order valence-corrected chi connectivity index (χ2v) is 6.14. The molecule has 1 atom stereocenters. The minimum atomic E-state index is -3.53. The summed E-state index contributed by atoms with van der Waals surface area (Å²) >= 11 is 0. The zero-order chi connectivity index (χ0) is 11.6. The molecule has 1 heterocycles. The zero-order valence-electron chi connectivity index (χ0n) is 8.82. The van der Waals surface area contributed by atoms with Crippen LogP contribution in [0.1, 0.15) is 12.8 Å². The van der Waals surface area contributed by atoms with Crippen molar-refractivity contribution in [1.82, 2.24) is 5.32 Å². The molecule has 16 heavy (non-hydrogen) atoms. The fourth-order valence-corrected chi connectivity index (χ4v) is 3.72. The summed E-state index contributed by atoms with van der Waals surface area (Å²) in [6, 6.07) is 5.56.